The van der Waals surface area contributed by atoms with Gasteiger partial charge in [0.15, 0.2) is 0 Å². The maximum Gasteiger partial charge on any atom is 0.333 e. The predicted molar refractivity (Wildman–Crippen MR) is 295 cm³/mol. The lowest BCUT2D eigenvalue weighted by molar-refractivity contribution is 0.332. The number of benzene rings is 7. The molecule has 0 N–H and O–H groups in total. The molecule has 0 saturated heterocycles. The first-order valence-electron chi connectivity index (χ1n) is 25.4. The van der Waals surface area contributed by atoms with Crippen LogP contribution < -0.4 is 15.7 Å². The van der Waals surface area contributed by atoms with E-state index in [0.29, 0.717) is 0 Å². The highest BCUT2D eigenvalue weighted by Crippen LogP contribution is 2.57. The molecule has 0 amide bonds. The number of aromatic nitrogens is 2. The SMILES string of the molecule is CC(C)(C)c1ccc(N2B3c4cc5nc(-c6ccccc6)sc5cc4-n4c5cc6c(cc5c5c7oc8ccccc8c7c(c3c54)-c3cc4c(cc32)C(C)(C)CCC4(C)C)C(C)(C)CCC6(C)C)cc1. The molecule has 6 heteroatoms. The van der Waals surface area contributed by atoms with Gasteiger partial charge in [-0.25, -0.2) is 4.98 Å². The van der Waals surface area contributed by atoms with Crippen LogP contribution in [0.5, 0.6) is 0 Å². The Morgan fingerprint density at radius 3 is 1.93 bits per heavy atom. The molecular formula is C63H60BN3OS. The molecule has 5 heterocycles. The molecule has 3 aromatic heterocycles. The molecule has 69 heavy (non-hydrogen) atoms. The summed E-state index contributed by atoms with van der Waals surface area (Å²) in [6.45, 7) is 26.5. The normalized spacial score (nSPS) is 18.2. The Kier molecular flexibility index (Phi) is 8.12. The Balaban J connectivity index is 1.22. The Morgan fingerprint density at radius 1 is 0.623 bits per heavy atom. The highest BCUT2D eigenvalue weighted by Gasteiger charge is 2.49. The monoisotopic (exact) mass is 917 g/mol. The van der Waals surface area contributed by atoms with Gasteiger partial charge in [0.2, 0.25) is 0 Å². The average molecular weight is 918 g/mol. The molecule has 0 spiro atoms. The van der Waals surface area contributed by atoms with Crippen LogP contribution in [-0.4, -0.2) is 16.4 Å². The maximum absolute atomic E-state index is 7.38. The van der Waals surface area contributed by atoms with Crippen molar-refractivity contribution in [2.24, 2.45) is 0 Å². The minimum atomic E-state index is -0.160. The summed E-state index contributed by atoms with van der Waals surface area (Å²) < 4.78 is 11.3. The first-order valence-corrected chi connectivity index (χ1v) is 26.2. The number of furan rings is 1. The van der Waals surface area contributed by atoms with Crippen molar-refractivity contribution in [3.63, 3.8) is 0 Å². The summed E-state index contributed by atoms with van der Waals surface area (Å²) >= 11 is 1.80. The Hall–Kier alpha value is -6.11. The number of fused-ring (bicyclic) bond motifs is 16. The van der Waals surface area contributed by atoms with Crippen LogP contribution in [0.15, 0.2) is 120 Å². The molecule has 0 radical (unpaired) electrons. The van der Waals surface area contributed by atoms with E-state index in [1.165, 1.54) is 104 Å². The highest BCUT2D eigenvalue weighted by molar-refractivity contribution is 7.21. The van der Waals surface area contributed by atoms with Gasteiger partial charge < -0.3 is 13.8 Å². The van der Waals surface area contributed by atoms with Gasteiger partial charge in [-0.1, -0.05) is 137 Å². The molecule has 4 nitrogen and oxygen atoms in total. The Labute approximate surface area is 410 Å². The lowest BCUT2D eigenvalue weighted by Crippen LogP contribution is -2.60. The van der Waals surface area contributed by atoms with E-state index < -0.39 is 0 Å². The Bertz CT molecular complexity index is 3890. The molecule has 4 aliphatic rings. The molecule has 2 aliphatic carbocycles. The van der Waals surface area contributed by atoms with Crippen LogP contribution in [0.2, 0.25) is 0 Å². The molecule has 0 bridgehead atoms. The van der Waals surface area contributed by atoms with E-state index in [1.54, 1.807) is 11.3 Å². The number of anilines is 2. The van der Waals surface area contributed by atoms with Crippen molar-refractivity contribution < 1.29 is 4.42 Å². The second-order valence-electron chi connectivity index (χ2n) is 24.8. The summed E-state index contributed by atoms with van der Waals surface area (Å²) in [6, 6.07) is 44.5. The summed E-state index contributed by atoms with van der Waals surface area (Å²) in [4.78, 5) is 8.22. The van der Waals surface area contributed by atoms with E-state index in [2.05, 4.69) is 201 Å². The van der Waals surface area contributed by atoms with Gasteiger partial charge in [0.05, 0.1) is 26.6 Å². The zero-order valence-electron chi connectivity index (χ0n) is 42.0. The van der Waals surface area contributed by atoms with E-state index >= 15 is 0 Å². The zero-order valence-corrected chi connectivity index (χ0v) is 42.9. The lowest BCUT2D eigenvalue weighted by Gasteiger charge is -2.46. The van der Waals surface area contributed by atoms with Crippen LogP contribution in [0.4, 0.5) is 11.4 Å². The zero-order chi connectivity index (χ0) is 47.5. The number of hydrogen-bond donors (Lipinski definition) is 0. The maximum atomic E-state index is 7.38. The number of para-hydroxylation sites is 1. The van der Waals surface area contributed by atoms with Gasteiger partial charge >= 0.3 is 6.85 Å². The topological polar surface area (TPSA) is 34.2 Å². The highest BCUT2D eigenvalue weighted by atomic mass is 32.1. The van der Waals surface area contributed by atoms with E-state index in [0.717, 1.165) is 52.9 Å². The van der Waals surface area contributed by atoms with E-state index in [-0.39, 0.29) is 33.9 Å². The van der Waals surface area contributed by atoms with Crippen LogP contribution in [0, 0.1) is 0 Å². The van der Waals surface area contributed by atoms with Crippen molar-refractivity contribution in [1.82, 2.24) is 9.55 Å². The van der Waals surface area contributed by atoms with Crippen molar-refractivity contribution in [2.75, 3.05) is 4.81 Å². The first-order chi connectivity index (χ1) is 32.8. The van der Waals surface area contributed by atoms with E-state index in [4.69, 9.17) is 9.40 Å². The minimum absolute atomic E-state index is 0.0156. The van der Waals surface area contributed by atoms with Crippen LogP contribution in [0.1, 0.15) is 130 Å². The summed E-state index contributed by atoms with van der Waals surface area (Å²) in [5.41, 5.74) is 23.0. The van der Waals surface area contributed by atoms with Gasteiger partial charge in [-0.15, -0.1) is 11.3 Å². The fraction of sp³-hybridized carbons (Fsp3) is 0.317. The summed E-state index contributed by atoms with van der Waals surface area (Å²) in [5.74, 6) is 0. The second-order valence-corrected chi connectivity index (χ2v) is 25.9. The molecule has 14 rings (SSSR count). The third kappa shape index (κ3) is 5.61. The van der Waals surface area contributed by atoms with Gasteiger partial charge in [-0.2, -0.15) is 0 Å². The molecule has 2 aliphatic heterocycles. The first kappa shape index (κ1) is 41.8. The molecule has 0 saturated carbocycles. The fourth-order valence-corrected chi connectivity index (χ4v) is 14.4. The number of thiazole rings is 1. The van der Waals surface area contributed by atoms with Crippen molar-refractivity contribution in [2.45, 2.75) is 129 Å². The van der Waals surface area contributed by atoms with Gasteiger partial charge in [0.1, 0.15) is 16.2 Å². The molecule has 342 valence electrons. The van der Waals surface area contributed by atoms with Crippen molar-refractivity contribution in [1.29, 1.82) is 0 Å². The van der Waals surface area contributed by atoms with Crippen molar-refractivity contribution >= 4 is 94.4 Å². The molecule has 10 aromatic rings. The largest absolute Gasteiger partial charge is 0.455 e. The molecule has 0 unspecified atom stereocenters. The third-order valence-corrected chi connectivity index (χ3v) is 18.7. The van der Waals surface area contributed by atoms with E-state index in [9.17, 15) is 0 Å². The third-order valence-electron chi connectivity index (χ3n) is 17.7. The van der Waals surface area contributed by atoms with Gasteiger partial charge in [0, 0.05) is 44.3 Å². The minimum Gasteiger partial charge on any atom is -0.455 e. The molecule has 0 fully saturated rings. The van der Waals surface area contributed by atoms with Crippen LogP contribution in [-0.2, 0) is 27.1 Å². The Morgan fingerprint density at radius 2 is 1.25 bits per heavy atom. The molecule has 0 atom stereocenters. The number of rotatable bonds is 2. The average Bonchev–Trinajstić information content (AvgIpc) is 4.02. The predicted octanol–water partition coefficient (Wildman–Crippen LogP) is 16.2. The van der Waals surface area contributed by atoms with Gasteiger partial charge in [-0.3, -0.25) is 0 Å². The quantitative estimate of drug-likeness (QED) is 0.162. The smallest absolute Gasteiger partial charge is 0.333 e. The van der Waals surface area contributed by atoms with Gasteiger partial charge in [-0.05, 0) is 152 Å². The second kappa shape index (κ2) is 13.4. The van der Waals surface area contributed by atoms with Crippen LogP contribution >= 0.6 is 11.3 Å². The standard InChI is InChI=1S/C63H60BN3OS/c1-59(2,3)36-21-23-37(24-22-36)67-48-32-44-42(61(6,7)26-28-63(44,10)11)30-40(48)52-53-38-19-15-16-20-50(38)68-57(53)54-39-29-41-43(62(8,9)27-25-60(41,4)5)31-47(39)66-49-34-51-46(33-45(49)64(67)55(52)56(54)66)65-58(69-51)35-17-13-12-14-18-35/h12-24,29-34H,25-28H2,1-11H3. The van der Waals surface area contributed by atoms with Crippen LogP contribution in [0.25, 0.3) is 81.3 Å². The lowest BCUT2D eigenvalue weighted by atomic mass is 9.43. The number of hydrogen-bond acceptors (Lipinski definition) is 4. The van der Waals surface area contributed by atoms with E-state index in [1.807, 2.05) is 0 Å². The summed E-state index contributed by atoms with van der Waals surface area (Å²) in [5, 5.41) is 5.97. The summed E-state index contributed by atoms with van der Waals surface area (Å²) in [7, 11) is 0. The van der Waals surface area contributed by atoms with Crippen LogP contribution in [0.3, 0.4) is 0 Å². The van der Waals surface area contributed by atoms with Crippen molar-refractivity contribution in [3.8, 4) is 27.4 Å². The summed E-state index contributed by atoms with van der Waals surface area (Å²) in [6.07, 6.45) is 4.61. The van der Waals surface area contributed by atoms with Crippen molar-refractivity contribution in [3.05, 3.63) is 143 Å². The number of nitrogens with zero attached hydrogens (tertiary/aromatic N) is 3. The van der Waals surface area contributed by atoms with Gasteiger partial charge in [0.25, 0.3) is 0 Å². The molecule has 7 aromatic carbocycles. The fourth-order valence-electron chi connectivity index (χ4n) is 13.4. The molecular weight excluding hydrogens is 858 g/mol.